The van der Waals surface area contributed by atoms with E-state index in [2.05, 4.69) is 35.3 Å². The molecule has 0 bridgehead atoms. The second kappa shape index (κ2) is 13.5. The third kappa shape index (κ3) is 6.34. The summed E-state index contributed by atoms with van der Waals surface area (Å²) in [5, 5.41) is 6.79. The molecule has 0 N–H and O–H groups in total. The van der Waals surface area contributed by atoms with E-state index in [-0.39, 0.29) is 17.9 Å². The highest BCUT2D eigenvalue weighted by Crippen LogP contribution is 2.45. The van der Waals surface area contributed by atoms with Gasteiger partial charge in [-0.2, -0.15) is 5.10 Å². The molecule has 1 fully saturated rings. The number of nitrogens with zero attached hydrogens (tertiary/aromatic N) is 3. The monoisotopic (exact) mass is 623 g/mol. The minimum atomic E-state index is -0.225. The van der Waals surface area contributed by atoms with E-state index in [1.807, 2.05) is 92.7 Å². The Morgan fingerprint density at radius 3 is 2.21 bits per heavy atom. The van der Waals surface area contributed by atoms with E-state index in [0.717, 1.165) is 58.7 Å². The van der Waals surface area contributed by atoms with Crippen molar-refractivity contribution >= 4 is 17.7 Å². The first kappa shape index (κ1) is 30.2. The Morgan fingerprint density at radius 1 is 0.851 bits per heavy atom. The Bertz CT molecular complexity index is 1890. The molecule has 2 atom stereocenters. The van der Waals surface area contributed by atoms with Crippen LogP contribution in [0.5, 0.6) is 11.5 Å². The van der Waals surface area contributed by atoms with Gasteiger partial charge in [0, 0.05) is 22.6 Å². The Balaban J connectivity index is 1.20. The van der Waals surface area contributed by atoms with Gasteiger partial charge in [0.15, 0.2) is 5.76 Å². The largest absolute Gasteiger partial charge is 0.494 e. The number of oxazole rings is 1. The van der Waals surface area contributed by atoms with E-state index in [9.17, 15) is 4.79 Å². The zero-order chi connectivity index (χ0) is 32.2. The van der Waals surface area contributed by atoms with Crippen LogP contribution in [0.4, 0.5) is 0 Å². The first-order valence-electron chi connectivity index (χ1n) is 16.3. The molecule has 236 valence electrons. The van der Waals surface area contributed by atoms with Crippen molar-refractivity contribution in [3.8, 4) is 34.3 Å². The summed E-state index contributed by atoms with van der Waals surface area (Å²) in [6, 6.07) is 33.3. The van der Waals surface area contributed by atoms with Crippen LogP contribution in [-0.4, -0.2) is 34.8 Å². The van der Waals surface area contributed by atoms with E-state index >= 15 is 0 Å². The Labute approximate surface area is 275 Å². The average Bonchev–Trinajstić information content (AvgIpc) is 3.77. The molecule has 47 heavy (non-hydrogen) atoms. The van der Waals surface area contributed by atoms with Gasteiger partial charge in [-0.05, 0) is 104 Å². The molecule has 2 heterocycles. The van der Waals surface area contributed by atoms with Crippen LogP contribution >= 0.6 is 0 Å². The van der Waals surface area contributed by atoms with Crippen molar-refractivity contribution < 1.29 is 18.7 Å². The lowest BCUT2D eigenvalue weighted by atomic mass is 9.77. The molecule has 7 nitrogen and oxygen atoms in total. The van der Waals surface area contributed by atoms with Gasteiger partial charge >= 0.3 is 0 Å². The fraction of sp³-hybridized carbons (Fsp3) is 0.225. The second-order valence-corrected chi connectivity index (χ2v) is 11.7. The zero-order valence-electron chi connectivity index (χ0n) is 26.6. The van der Waals surface area contributed by atoms with Crippen LogP contribution in [0.1, 0.15) is 60.6 Å². The summed E-state index contributed by atoms with van der Waals surface area (Å²) in [7, 11) is 0. The molecule has 0 radical (unpaired) electrons. The number of rotatable bonds is 9. The number of benzene rings is 4. The number of ether oxygens (including phenoxy) is 2. The number of hydrogen-bond acceptors (Lipinski definition) is 6. The Kier molecular flexibility index (Phi) is 8.69. The molecular formula is C40H37N3O4. The minimum Gasteiger partial charge on any atom is -0.494 e. The minimum absolute atomic E-state index is 0.0857. The van der Waals surface area contributed by atoms with Crippen molar-refractivity contribution in [2.24, 2.45) is 11.0 Å². The van der Waals surface area contributed by atoms with Crippen LogP contribution in [0.3, 0.4) is 0 Å². The van der Waals surface area contributed by atoms with Gasteiger partial charge in [-0.25, -0.2) is 9.99 Å². The standard InChI is InChI=1S/C40H37N3O4/c1-3-45-33-21-13-27(14-22-33)25-32-11-8-12-35-37(32)42-43(38(35)29-19-23-34(24-20-29)46-4-2)40(44)31-17-15-30(16-18-31)39-41-26-36(47-39)28-9-6-5-7-10-28/h5-7,9-10,13-26,35,38H,3-4,8,11-12H2,1-2H3/b32-25+/t35-,38+/m1/s1. The Hall–Kier alpha value is -5.43. The van der Waals surface area contributed by atoms with Gasteiger partial charge in [-0.3, -0.25) is 4.79 Å². The van der Waals surface area contributed by atoms with Gasteiger partial charge in [0.1, 0.15) is 11.5 Å². The third-order valence-electron chi connectivity index (χ3n) is 8.72. The number of carbonyl (C=O) groups excluding carboxylic acids is 1. The smallest absolute Gasteiger partial charge is 0.274 e. The number of allylic oxidation sites excluding steroid dienone is 1. The molecule has 1 aliphatic heterocycles. The normalized spacial score (nSPS) is 18.1. The van der Waals surface area contributed by atoms with Crippen LogP contribution in [-0.2, 0) is 0 Å². The van der Waals surface area contributed by atoms with Crippen LogP contribution in [0.2, 0.25) is 0 Å². The summed E-state index contributed by atoms with van der Waals surface area (Å²) < 4.78 is 17.4. The predicted molar refractivity (Wildman–Crippen MR) is 184 cm³/mol. The lowest BCUT2D eigenvalue weighted by Crippen LogP contribution is -2.31. The summed E-state index contributed by atoms with van der Waals surface area (Å²) in [6.45, 7) is 5.19. The number of fused-ring (bicyclic) bond motifs is 1. The molecule has 1 aromatic heterocycles. The van der Waals surface area contributed by atoms with Gasteiger partial charge in [-0.1, -0.05) is 54.6 Å². The predicted octanol–water partition coefficient (Wildman–Crippen LogP) is 9.24. The maximum Gasteiger partial charge on any atom is 0.274 e. The average molecular weight is 624 g/mol. The Morgan fingerprint density at radius 2 is 1.53 bits per heavy atom. The molecule has 7 rings (SSSR count). The maximum absolute atomic E-state index is 14.3. The summed E-state index contributed by atoms with van der Waals surface area (Å²) >= 11 is 0. The molecule has 1 amide bonds. The van der Waals surface area contributed by atoms with E-state index in [1.54, 1.807) is 11.2 Å². The van der Waals surface area contributed by atoms with Gasteiger partial charge in [0.05, 0.1) is 31.2 Å². The second-order valence-electron chi connectivity index (χ2n) is 11.7. The first-order valence-corrected chi connectivity index (χ1v) is 16.3. The number of amides is 1. The van der Waals surface area contributed by atoms with Gasteiger partial charge in [-0.15, -0.1) is 0 Å². The van der Waals surface area contributed by atoms with Gasteiger partial charge in [0.25, 0.3) is 5.91 Å². The number of hydrogen-bond donors (Lipinski definition) is 0. The lowest BCUT2D eigenvalue weighted by molar-refractivity contribution is 0.0681. The summed E-state index contributed by atoms with van der Waals surface area (Å²) in [6.07, 6.45) is 6.83. The van der Waals surface area contributed by atoms with Crippen LogP contribution in [0.15, 0.2) is 124 Å². The van der Waals surface area contributed by atoms with Crippen LogP contribution in [0, 0.1) is 5.92 Å². The molecule has 5 aromatic rings. The lowest BCUT2D eigenvalue weighted by Gasteiger charge is -2.30. The molecule has 1 saturated carbocycles. The van der Waals surface area contributed by atoms with Crippen molar-refractivity contribution in [3.05, 3.63) is 132 Å². The quantitative estimate of drug-likeness (QED) is 0.164. The maximum atomic E-state index is 14.3. The highest BCUT2D eigenvalue weighted by Gasteiger charge is 2.44. The molecule has 1 aliphatic carbocycles. The number of aromatic nitrogens is 1. The van der Waals surface area contributed by atoms with Crippen molar-refractivity contribution in [3.63, 3.8) is 0 Å². The van der Waals surface area contributed by atoms with E-state index in [0.29, 0.717) is 30.4 Å². The fourth-order valence-electron chi connectivity index (χ4n) is 6.49. The van der Waals surface area contributed by atoms with E-state index in [4.69, 9.17) is 19.0 Å². The van der Waals surface area contributed by atoms with Crippen LogP contribution in [0.25, 0.3) is 28.9 Å². The van der Waals surface area contributed by atoms with Gasteiger partial charge in [0.2, 0.25) is 5.89 Å². The number of hydrazone groups is 1. The summed E-state index contributed by atoms with van der Waals surface area (Å²) in [5.41, 5.74) is 6.61. The molecule has 0 spiro atoms. The van der Waals surface area contributed by atoms with E-state index < -0.39 is 0 Å². The van der Waals surface area contributed by atoms with Crippen LogP contribution < -0.4 is 9.47 Å². The molecule has 7 heteroatoms. The molecular weight excluding hydrogens is 586 g/mol. The topological polar surface area (TPSA) is 77.2 Å². The highest BCUT2D eigenvalue weighted by molar-refractivity contribution is 6.09. The first-order chi connectivity index (χ1) is 23.1. The SMILES string of the molecule is CCOc1ccc(/C=C2\CCC[C@@H]3C2=NN(C(=O)c2ccc(-c4ncc(-c5ccccc5)o4)cc2)[C@H]3c2ccc(OCC)cc2)cc1. The van der Waals surface area contributed by atoms with Crippen molar-refractivity contribution in [2.75, 3.05) is 13.2 Å². The molecule has 2 aliphatic rings. The zero-order valence-corrected chi connectivity index (χ0v) is 26.6. The van der Waals surface area contributed by atoms with Gasteiger partial charge < -0.3 is 13.9 Å². The van der Waals surface area contributed by atoms with Crippen molar-refractivity contribution in [1.29, 1.82) is 0 Å². The highest BCUT2D eigenvalue weighted by atomic mass is 16.5. The van der Waals surface area contributed by atoms with Crippen molar-refractivity contribution in [1.82, 2.24) is 9.99 Å². The molecule has 4 aromatic carbocycles. The van der Waals surface area contributed by atoms with E-state index in [1.165, 1.54) is 5.57 Å². The summed E-state index contributed by atoms with van der Waals surface area (Å²) in [4.78, 5) is 18.8. The number of carbonyl (C=O) groups is 1. The summed E-state index contributed by atoms with van der Waals surface area (Å²) in [5.74, 6) is 2.81. The molecule has 0 saturated heterocycles. The molecule has 0 unspecified atom stereocenters. The third-order valence-corrected chi connectivity index (χ3v) is 8.72. The fourth-order valence-corrected chi connectivity index (χ4v) is 6.49. The van der Waals surface area contributed by atoms with Crippen molar-refractivity contribution in [2.45, 2.75) is 39.2 Å².